The summed E-state index contributed by atoms with van der Waals surface area (Å²) in [6, 6.07) is 83.3. The highest BCUT2D eigenvalue weighted by atomic mass is 15.2. The van der Waals surface area contributed by atoms with E-state index in [-0.39, 0.29) is 0 Å². The van der Waals surface area contributed by atoms with Crippen LogP contribution in [-0.4, -0.2) is 4.57 Å². The first kappa shape index (κ1) is 43.4. The molecule has 10 aromatic carbocycles. The second-order valence-corrected chi connectivity index (χ2v) is 18.5. The van der Waals surface area contributed by atoms with Crippen molar-refractivity contribution in [1.82, 2.24) is 4.57 Å². The van der Waals surface area contributed by atoms with Gasteiger partial charge in [-0.25, -0.2) is 0 Å². The monoisotopic (exact) mass is 891 g/mol. The minimum absolute atomic E-state index is 1.10. The number of fused-ring (bicyclic) bond motifs is 5. The fourth-order valence-electron chi connectivity index (χ4n) is 10.2. The zero-order valence-corrected chi connectivity index (χ0v) is 40.0. The fraction of sp³-hybridized carbons (Fsp3) is 0.121. The van der Waals surface area contributed by atoms with Gasteiger partial charge in [-0.15, -0.1) is 0 Å². The quantitative estimate of drug-likeness (QED) is 0.114. The highest BCUT2D eigenvalue weighted by Crippen LogP contribution is 2.46. The van der Waals surface area contributed by atoms with Gasteiger partial charge < -0.3 is 14.4 Å². The first-order valence-electron chi connectivity index (χ1n) is 24.6. The largest absolute Gasteiger partial charge is 0.310 e. The molecule has 11 aromatic rings. The Morgan fingerprint density at radius 2 is 0.797 bits per heavy atom. The number of para-hydroxylation sites is 1. The van der Waals surface area contributed by atoms with Crippen molar-refractivity contribution in [3.05, 3.63) is 247 Å². The smallest absolute Gasteiger partial charge is 0.0562 e. The topological polar surface area (TPSA) is 11.4 Å². The summed E-state index contributed by atoms with van der Waals surface area (Å²) in [5, 5.41) is 4.86. The van der Waals surface area contributed by atoms with Gasteiger partial charge in [0.1, 0.15) is 0 Å². The van der Waals surface area contributed by atoms with Crippen molar-refractivity contribution in [2.24, 2.45) is 0 Å². The molecular formula is C66H57N3. The van der Waals surface area contributed by atoms with E-state index in [0.29, 0.717) is 0 Å². The van der Waals surface area contributed by atoms with E-state index in [1.54, 1.807) is 0 Å². The van der Waals surface area contributed by atoms with Crippen LogP contribution in [0.3, 0.4) is 0 Å². The second kappa shape index (κ2) is 18.9. The third kappa shape index (κ3) is 8.47. The SMILES string of the molecule is CCCc1ccc(-c2ccc(N(c3ccc(C)cc3)c3ccc4c5c6cccc(N(c7ccc(C)cc7)c7ccc(-c8ccc(CCC)cc8)cc7)c6ccc5n(-c5ccccc5)c4c3)cc2)cc1. The number of hydrogen-bond donors (Lipinski definition) is 0. The summed E-state index contributed by atoms with van der Waals surface area (Å²) in [6.45, 7) is 8.78. The maximum absolute atomic E-state index is 2.45. The molecule has 0 spiro atoms. The molecule has 11 rings (SSSR count). The van der Waals surface area contributed by atoms with Gasteiger partial charge in [0.05, 0.1) is 16.7 Å². The summed E-state index contributed by atoms with van der Waals surface area (Å²) in [7, 11) is 0. The van der Waals surface area contributed by atoms with E-state index in [2.05, 4.69) is 267 Å². The number of anilines is 6. The maximum Gasteiger partial charge on any atom is 0.0562 e. The Balaban J connectivity index is 1.06. The third-order valence-corrected chi connectivity index (χ3v) is 13.7. The van der Waals surface area contributed by atoms with Crippen molar-refractivity contribution in [3.8, 4) is 27.9 Å². The molecule has 3 heteroatoms. The number of aromatic nitrogens is 1. The van der Waals surface area contributed by atoms with E-state index in [1.165, 1.54) is 71.6 Å². The Kier molecular flexibility index (Phi) is 11.9. The van der Waals surface area contributed by atoms with E-state index in [4.69, 9.17) is 0 Å². The number of rotatable bonds is 13. The Hall–Kier alpha value is -8.14. The van der Waals surface area contributed by atoms with Crippen LogP contribution in [0.5, 0.6) is 0 Å². The summed E-state index contributed by atoms with van der Waals surface area (Å²) in [4.78, 5) is 4.81. The summed E-state index contributed by atoms with van der Waals surface area (Å²) in [6.07, 6.45) is 4.51. The summed E-state index contributed by atoms with van der Waals surface area (Å²) in [5.41, 5.74) is 20.3. The van der Waals surface area contributed by atoms with E-state index in [9.17, 15) is 0 Å². The molecule has 0 fully saturated rings. The Morgan fingerprint density at radius 3 is 1.30 bits per heavy atom. The van der Waals surface area contributed by atoms with Gasteiger partial charge in [0.25, 0.3) is 0 Å². The lowest BCUT2D eigenvalue weighted by atomic mass is 10.00. The molecule has 0 unspecified atom stereocenters. The minimum atomic E-state index is 1.10. The number of hydrogen-bond acceptors (Lipinski definition) is 2. The molecule has 0 N–H and O–H groups in total. The van der Waals surface area contributed by atoms with E-state index in [0.717, 1.165) is 71.0 Å². The Morgan fingerprint density at radius 1 is 0.348 bits per heavy atom. The number of aryl methyl sites for hydroxylation is 4. The molecule has 0 atom stereocenters. The molecular weight excluding hydrogens is 835 g/mol. The number of benzene rings is 10. The molecule has 0 amide bonds. The molecule has 3 nitrogen and oxygen atoms in total. The van der Waals surface area contributed by atoms with Gasteiger partial charge in [0.15, 0.2) is 0 Å². The standard InChI is InChI=1S/C66H57N3/c1-5-11-48-21-25-50(26-22-48)52-29-37-56(38-30-52)67(55-33-17-46(3)18-34-55)59-41-42-62-65(45-59)69(54-13-8-7-9-14-54)64-44-43-60-61(66(62)64)15-10-16-63(60)68(57-35-19-47(4)20-36-57)58-39-31-53(32-40-58)51-27-23-49(12-6-2)24-28-51/h7-10,13-45H,5-6,11-12H2,1-4H3. The van der Waals surface area contributed by atoms with Gasteiger partial charge in [-0.3, -0.25) is 0 Å². The molecule has 1 aromatic heterocycles. The lowest BCUT2D eigenvalue weighted by Crippen LogP contribution is -2.10. The van der Waals surface area contributed by atoms with Gasteiger partial charge >= 0.3 is 0 Å². The normalized spacial score (nSPS) is 11.4. The fourth-order valence-corrected chi connectivity index (χ4v) is 10.2. The lowest BCUT2D eigenvalue weighted by molar-refractivity contribution is 0.922. The average molecular weight is 892 g/mol. The predicted molar refractivity (Wildman–Crippen MR) is 296 cm³/mol. The van der Waals surface area contributed by atoms with Crippen LogP contribution >= 0.6 is 0 Å². The molecule has 1 heterocycles. The highest BCUT2D eigenvalue weighted by molar-refractivity contribution is 6.23. The first-order chi connectivity index (χ1) is 33.9. The zero-order chi connectivity index (χ0) is 46.8. The van der Waals surface area contributed by atoms with Crippen molar-refractivity contribution in [3.63, 3.8) is 0 Å². The molecule has 0 aliphatic carbocycles. The summed E-state index contributed by atoms with van der Waals surface area (Å²) < 4.78 is 2.45. The van der Waals surface area contributed by atoms with E-state index in [1.807, 2.05) is 0 Å². The summed E-state index contributed by atoms with van der Waals surface area (Å²) >= 11 is 0. The molecule has 0 bridgehead atoms. The molecule has 336 valence electrons. The van der Waals surface area contributed by atoms with Crippen molar-refractivity contribution in [2.75, 3.05) is 9.80 Å². The van der Waals surface area contributed by atoms with Crippen LogP contribution in [0.4, 0.5) is 34.1 Å². The molecule has 69 heavy (non-hydrogen) atoms. The van der Waals surface area contributed by atoms with Gasteiger partial charge in [-0.1, -0.05) is 177 Å². The molecule has 0 saturated heterocycles. The molecule has 0 saturated carbocycles. The van der Waals surface area contributed by atoms with Crippen molar-refractivity contribution in [1.29, 1.82) is 0 Å². The van der Waals surface area contributed by atoms with Crippen LogP contribution in [0.1, 0.15) is 48.9 Å². The lowest BCUT2D eigenvalue weighted by Gasteiger charge is -2.27. The van der Waals surface area contributed by atoms with E-state index < -0.39 is 0 Å². The highest BCUT2D eigenvalue weighted by Gasteiger charge is 2.22. The summed E-state index contributed by atoms with van der Waals surface area (Å²) in [5.74, 6) is 0. The maximum atomic E-state index is 2.45. The van der Waals surface area contributed by atoms with Crippen LogP contribution in [0.2, 0.25) is 0 Å². The minimum Gasteiger partial charge on any atom is -0.310 e. The van der Waals surface area contributed by atoms with Gasteiger partial charge in [-0.2, -0.15) is 0 Å². The second-order valence-electron chi connectivity index (χ2n) is 18.5. The first-order valence-corrected chi connectivity index (χ1v) is 24.6. The van der Waals surface area contributed by atoms with Crippen molar-refractivity contribution in [2.45, 2.75) is 53.4 Å². The predicted octanol–water partition coefficient (Wildman–Crippen LogP) is 18.7. The average Bonchev–Trinajstić information content (AvgIpc) is 3.73. The van der Waals surface area contributed by atoms with Crippen molar-refractivity contribution >= 4 is 66.7 Å². The Labute approximate surface area is 407 Å². The van der Waals surface area contributed by atoms with E-state index >= 15 is 0 Å². The van der Waals surface area contributed by atoms with Crippen LogP contribution in [0, 0.1) is 13.8 Å². The van der Waals surface area contributed by atoms with Crippen LogP contribution in [0.15, 0.2) is 224 Å². The molecule has 0 aliphatic heterocycles. The van der Waals surface area contributed by atoms with Gasteiger partial charge in [-0.05, 0) is 150 Å². The van der Waals surface area contributed by atoms with Crippen LogP contribution in [-0.2, 0) is 12.8 Å². The zero-order valence-electron chi connectivity index (χ0n) is 40.0. The molecule has 0 radical (unpaired) electrons. The van der Waals surface area contributed by atoms with Crippen molar-refractivity contribution < 1.29 is 0 Å². The molecule has 0 aliphatic rings. The third-order valence-electron chi connectivity index (χ3n) is 13.7. The van der Waals surface area contributed by atoms with Gasteiger partial charge in [0, 0.05) is 50.3 Å². The van der Waals surface area contributed by atoms with Gasteiger partial charge in [0.2, 0.25) is 0 Å². The van der Waals surface area contributed by atoms with Crippen LogP contribution < -0.4 is 9.80 Å². The number of nitrogens with zero attached hydrogens (tertiary/aromatic N) is 3. The van der Waals surface area contributed by atoms with Crippen LogP contribution in [0.25, 0.3) is 60.5 Å². The Bertz CT molecular complexity index is 3530.